The first-order valence-electron chi connectivity index (χ1n) is 6.65. The van der Waals surface area contributed by atoms with E-state index in [1.807, 2.05) is 0 Å². The van der Waals surface area contributed by atoms with Crippen LogP contribution >= 0.6 is 11.6 Å². The normalized spacial score (nSPS) is 15.9. The summed E-state index contributed by atoms with van der Waals surface area (Å²) in [7, 11) is 1.56. The molecule has 1 saturated heterocycles. The van der Waals surface area contributed by atoms with Crippen LogP contribution in [0, 0.1) is 0 Å². The quantitative estimate of drug-likeness (QED) is 0.873. The van der Waals surface area contributed by atoms with Crippen LogP contribution in [0.4, 0.5) is 5.69 Å². The van der Waals surface area contributed by atoms with E-state index in [0.29, 0.717) is 16.5 Å². The summed E-state index contributed by atoms with van der Waals surface area (Å²) in [4.78, 5) is 11.9. The zero-order chi connectivity index (χ0) is 14.4. The minimum atomic E-state index is -0.210. The van der Waals surface area contributed by atoms with Crippen molar-refractivity contribution in [3.8, 4) is 5.75 Å². The summed E-state index contributed by atoms with van der Waals surface area (Å²) in [5.41, 5.74) is 0.532. The molecule has 20 heavy (non-hydrogen) atoms. The predicted molar refractivity (Wildman–Crippen MR) is 78.5 cm³/mol. The second-order valence-electron chi connectivity index (χ2n) is 4.65. The van der Waals surface area contributed by atoms with Crippen LogP contribution in [0.1, 0.15) is 12.8 Å². The van der Waals surface area contributed by atoms with Crippen LogP contribution in [0.3, 0.4) is 0 Å². The number of ether oxygens (including phenoxy) is 2. The minimum Gasteiger partial charge on any atom is -0.497 e. The molecule has 110 valence electrons. The highest BCUT2D eigenvalue weighted by atomic mass is 35.5. The van der Waals surface area contributed by atoms with Gasteiger partial charge in [0.15, 0.2) is 0 Å². The highest BCUT2D eigenvalue weighted by molar-refractivity contribution is 6.33. The summed E-state index contributed by atoms with van der Waals surface area (Å²) in [5, 5.41) is 6.46. The minimum absolute atomic E-state index is 0.0399. The summed E-state index contributed by atoms with van der Waals surface area (Å²) in [6, 6.07) is 5.11. The molecule has 1 aromatic rings. The molecule has 2 N–H and O–H groups in total. The lowest BCUT2D eigenvalue weighted by atomic mass is 10.1. The van der Waals surface area contributed by atoms with E-state index in [1.54, 1.807) is 25.3 Å². The highest BCUT2D eigenvalue weighted by Gasteiger charge is 2.15. The Labute approximate surface area is 123 Å². The Bertz CT molecular complexity index is 462. The zero-order valence-corrected chi connectivity index (χ0v) is 12.2. The van der Waals surface area contributed by atoms with Crippen molar-refractivity contribution in [1.82, 2.24) is 5.32 Å². The maximum atomic E-state index is 11.9. The van der Waals surface area contributed by atoms with Gasteiger partial charge in [-0.25, -0.2) is 0 Å². The fraction of sp³-hybridized carbons (Fsp3) is 0.500. The third-order valence-corrected chi connectivity index (χ3v) is 3.51. The molecule has 1 aromatic carbocycles. The average molecular weight is 299 g/mol. The fourth-order valence-corrected chi connectivity index (χ4v) is 2.23. The molecule has 1 fully saturated rings. The first-order valence-corrected chi connectivity index (χ1v) is 7.02. The van der Waals surface area contributed by atoms with E-state index in [2.05, 4.69) is 10.6 Å². The van der Waals surface area contributed by atoms with Crippen LogP contribution in [0.15, 0.2) is 18.2 Å². The number of benzene rings is 1. The molecule has 1 amide bonds. The second kappa shape index (κ2) is 7.47. The van der Waals surface area contributed by atoms with Gasteiger partial charge in [-0.05, 0) is 38.1 Å². The SMILES string of the molecule is COc1ccc(Cl)c(NC(=O)COC2CCNCC2)c1. The van der Waals surface area contributed by atoms with Crippen molar-refractivity contribution in [2.75, 3.05) is 32.1 Å². The molecule has 0 unspecified atom stereocenters. The highest BCUT2D eigenvalue weighted by Crippen LogP contribution is 2.26. The third kappa shape index (κ3) is 4.37. The zero-order valence-electron chi connectivity index (χ0n) is 11.4. The number of halogens is 1. The van der Waals surface area contributed by atoms with E-state index in [9.17, 15) is 4.79 Å². The summed E-state index contributed by atoms with van der Waals surface area (Å²) in [6.45, 7) is 1.92. The van der Waals surface area contributed by atoms with E-state index < -0.39 is 0 Å². The number of methoxy groups -OCH3 is 1. The molecule has 1 heterocycles. The summed E-state index contributed by atoms with van der Waals surface area (Å²) in [6.07, 6.45) is 2.03. The van der Waals surface area contributed by atoms with Gasteiger partial charge in [-0.15, -0.1) is 0 Å². The van der Waals surface area contributed by atoms with Crippen LogP contribution in [-0.4, -0.2) is 38.8 Å². The largest absolute Gasteiger partial charge is 0.497 e. The fourth-order valence-electron chi connectivity index (χ4n) is 2.07. The van der Waals surface area contributed by atoms with Gasteiger partial charge >= 0.3 is 0 Å². The van der Waals surface area contributed by atoms with E-state index in [0.717, 1.165) is 25.9 Å². The molecule has 0 aliphatic carbocycles. The Morgan fingerprint density at radius 3 is 2.90 bits per heavy atom. The lowest BCUT2D eigenvalue weighted by Gasteiger charge is -2.22. The smallest absolute Gasteiger partial charge is 0.250 e. The van der Waals surface area contributed by atoms with Crippen molar-refractivity contribution in [1.29, 1.82) is 0 Å². The Morgan fingerprint density at radius 1 is 1.45 bits per heavy atom. The van der Waals surface area contributed by atoms with Crippen molar-refractivity contribution < 1.29 is 14.3 Å². The first kappa shape index (κ1) is 15.1. The van der Waals surface area contributed by atoms with Gasteiger partial charge in [0.2, 0.25) is 5.91 Å². The molecule has 0 bridgehead atoms. The van der Waals surface area contributed by atoms with Gasteiger partial charge in [-0.3, -0.25) is 4.79 Å². The lowest BCUT2D eigenvalue weighted by molar-refractivity contribution is -0.123. The van der Waals surface area contributed by atoms with Crippen molar-refractivity contribution in [3.63, 3.8) is 0 Å². The maximum absolute atomic E-state index is 11.9. The summed E-state index contributed by atoms with van der Waals surface area (Å²) < 4.78 is 10.7. The molecule has 6 heteroatoms. The maximum Gasteiger partial charge on any atom is 0.250 e. The van der Waals surface area contributed by atoms with Gasteiger partial charge in [0.25, 0.3) is 0 Å². The van der Waals surface area contributed by atoms with Gasteiger partial charge in [0.05, 0.1) is 23.9 Å². The van der Waals surface area contributed by atoms with Crippen LogP contribution in [-0.2, 0) is 9.53 Å². The standard InChI is InChI=1S/C14H19ClN2O3/c1-19-11-2-3-12(15)13(8-11)17-14(18)9-20-10-4-6-16-7-5-10/h2-3,8,10,16H,4-7,9H2,1H3,(H,17,18). The molecule has 1 aliphatic rings. The molecule has 0 atom stereocenters. The Balaban J connectivity index is 1.84. The lowest BCUT2D eigenvalue weighted by Crippen LogP contribution is -2.34. The number of carbonyl (C=O) groups excluding carboxylic acids is 1. The Kier molecular flexibility index (Phi) is 5.64. The molecule has 1 aliphatic heterocycles. The van der Waals surface area contributed by atoms with Gasteiger partial charge < -0.3 is 20.1 Å². The first-order chi connectivity index (χ1) is 9.69. The van der Waals surface area contributed by atoms with Crippen LogP contribution < -0.4 is 15.4 Å². The monoisotopic (exact) mass is 298 g/mol. The molecule has 0 spiro atoms. The molecular weight excluding hydrogens is 280 g/mol. The summed E-state index contributed by atoms with van der Waals surface area (Å²) >= 11 is 6.03. The van der Waals surface area contributed by atoms with E-state index in [4.69, 9.17) is 21.1 Å². The van der Waals surface area contributed by atoms with E-state index in [1.165, 1.54) is 0 Å². The van der Waals surface area contributed by atoms with Crippen molar-refractivity contribution in [2.24, 2.45) is 0 Å². The van der Waals surface area contributed by atoms with Gasteiger partial charge in [0, 0.05) is 6.07 Å². The predicted octanol–water partition coefficient (Wildman–Crippen LogP) is 2.06. The van der Waals surface area contributed by atoms with Gasteiger partial charge in [-0.1, -0.05) is 11.6 Å². The number of anilines is 1. The Morgan fingerprint density at radius 2 is 2.20 bits per heavy atom. The number of carbonyl (C=O) groups is 1. The van der Waals surface area contributed by atoms with Crippen molar-refractivity contribution in [3.05, 3.63) is 23.2 Å². The number of amides is 1. The topological polar surface area (TPSA) is 59.6 Å². The number of hydrogen-bond acceptors (Lipinski definition) is 4. The molecule has 0 saturated carbocycles. The van der Waals surface area contributed by atoms with Crippen molar-refractivity contribution in [2.45, 2.75) is 18.9 Å². The van der Waals surface area contributed by atoms with Gasteiger partial charge in [0.1, 0.15) is 12.4 Å². The number of piperidine rings is 1. The molecule has 0 aromatic heterocycles. The van der Waals surface area contributed by atoms with E-state index >= 15 is 0 Å². The van der Waals surface area contributed by atoms with Crippen LogP contribution in [0.2, 0.25) is 5.02 Å². The van der Waals surface area contributed by atoms with Crippen LogP contribution in [0.25, 0.3) is 0 Å². The third-order valence-electron chi connectivity index (χ3n) is 3.18. The van der Waals surface area contributed by atoms with Crippen LogP contribution in [0.5, 0.6) is 5.75 Å². The molecule has 5 nitrogen and oxygen atoms in total. The molecule has 2 rings (SSSR count). The second-order valence-corrected chi connectivity index (χ2v) is 5.06. The number of rotatable bonds is 5. The summed E-state index contributed by atoms with van der Waals surface area (Å²) in [5.74, 6) is 0.433. The van der Waals surface area contributed by atoms with E-state index in [-0.39, 0.29) is 18.6 Å². The molecule has 0 radical (unpaired) electrons. The number of nitrogens with one attached hydrogen (secondary N) is 2. The Hall–Kier alpha value is -1.30. The molecular formula is C14H19ClN2O3. The van der Waals surface area contributed by atoms with Gasteiger partial charge in [-0.2, -0.15) is 0 Å². The number of hydrogen-bond donors (Lipinski definition) is 2. The van der Waals surface area contributed by atoms with Crippen molar-refractivity contribution >= 4 is 23.2 Å². The average Bonchev–Trinajstić information content (AvgIpc) is 2.48.